The van der Waals surface area contributed by atoms with E-state index in [1.54, 1.807) is 17.8 Å². The molecule has 3 aromatic rings. The number of anilines is 1. The number of H-pyrrole nitrogens is 1. The monoisotopic (exact) mass is 272 g/mol. The zero-order valence-corrected chi connectivity index (χ0v) is 11.0. The lowest BCUT2D eigenvalue weighted by Gasteiger charge is -2.04. The van der Waals surface area contributed by atoms with Crippen molar-refractivity contribution in [1.29, 1.82) is 0 Å². The molecule has 0 bridgehead atoms. The number of halogens is 1. The fourth-order valence-corrected chi connectivity index (χ4v) is 2.93. The van der Waals surface area contributed by atoms with Crippen LogP contribution in [-0.4, -0.2) is 4.98 Å². The minimum Gasteiger partial charge on any atom is -0.398 e. The Morgan fingerprint density at radius 3 is 2.79 bits per heavy atom. The molecular formula is C15H13FN2S. The van der Waals surface area contributed by atoms with Crippen molar-refractivity contribution < 1.29 is 4.39 Å². The fraction of sp³-hybridized carbons (Fsp3) is 0.0667. The largest absolute Gasteiger partial charge is 0.398 e. The molecule has 0 fully saturated rings. The van der Waals surface area contributed by atoms with Crippen molar-refractivity contribution in [2.75, 3.05) is 5.73 Å². The molecule has 0 atom stereocenters. The number of hydrogen-bond acceptors (Lipinski definition) is 2. The summed E-state index contributed by atoms with van der Waals surface area (Å²) in [5.74, 6) is 0.401. The highest BCUT2D eigenvalue weighted by molar-refractivity contribution is 7.98. The Labute approximate surface area is 114 Å². The van der Waals surface area contributed by atoms with Crippen LogP contribution in [0.3, 0.4) is 0 Å². The number of aromatic nitrogens is 1. The maximum Gasteiger partial charge on any atom is 0.123 e. The van der Waals surface area contributed by atoms with Crippen LogP contribution in [0.4, 0.5) is 10.1 Å². The summed E-state index contributed by atoms with van der Waals surface area (Å²) in [5, 5.41) is 2.24. The number of nitrogens with one attached hydrogen (secondary N) is 1. The molecule has 0 spiro atoms. The third kappa shape index (κ3) is 2.58. The molecule has 1 heterocycles. The number of benzene rings is 2. The molecule has 0 radical (unpaired) electrons. The van der Waals surface area contributed by atoms with Gasteiger partial charge in [0.25, 0.3) is 0 Å². The first-order valence-corrected chi connectivity index (χ1v) is 6.95. The number of thioether (sulfide) groups is 1. The van der Waals surface area contributed by atoms with Crippen molar-refractivity contribution >= 4 is 28.4 Å². The Bertz CT molecular complexity index is 688. The zero-order valence-electron chi connectivity index (χ0n) is 10.2. The summed E-state index contributed by atoms with van der Waals surface area (Å²) in [6, 6.07) is 14.7. The number of aromatic amines is 1. The van der Waals surface area contributed by atoms with Gasteiger partial charge < -0.3 is 10.7 Å². The molecule has 4 heteroatoms. The summed E-state index contributed by atoms with van der Waals surface area (Å²) >= 11 is 1.62. The van der Waals surface area contributed by atoms with Gasteiger partial charge in [0.2, 0.25) is 0 Å². The van der Waals surface area contributed by atoms with E-state index in [2.05, 4.69) is 17.1 Å². The number of nitrogen functional groups attached to an aromatic ring is 1. The summed E-state index contributed by atoms with van der Waals surface area (Å²) in [5.41, 5.74) is 8.40. The first kappa shape index (κ1) is 12.1. The van der Waals surface area contributed by atoms with Crippen LogP contribution in [0.15, 0.2) is 53.6 Å². The van der Waals surface area contributed by atoms with E-state index in [0.29, 0.717) is 11.4 Å². The van der Waals surface area contributed by atoms with Gasteiger partial charge in [-0.2, -0.15) is 0 Å². The summed E-state index contributed by atoms with van der Waals surface area (Å²) in [4.78, 5) is 3.33. The van der Waals surface area contributed by atoms with E-state index in [-0.39, 0.29) is 5.82 Å². The van der Waals surface area contributed by atoms with E-state index in [0.717, 1.165) is 16.1 Å². The second-order valence-electron chi connectivity index (χ2n) is 4.35. The number of para-hydroxylation sites is 1. The fourth-order valence-electron chi connectivity index (χ4n) is 1.98. The summed E-state index contributed by atoms with van der Waals surface area (Å²) in [7, 11) is 0. The van der Waals surface area contributed by atoms with Crippen LogP contribution in [0.1, 0.15) is 5.56 Å². The SMILES string of the molecule is Nc1ccc(F)cc1CSc1cc2ccccc2[nH]1. The van der Waals surface area contributed by atoms with E-state index >= 15 is 0 Å². The maximum atomic E-state index is 13.2. The number of fused-ring (bicyclic) bond motifs is 1. The van der Waals surface area contributed by atoms with Gasteiger partial charge in [-0.25, -0.2) is 4.39 Å². The van der Waals surface area contributed by atoms with E-state index in [1.807, 2.05) is 18.2 Å². The number of rotatable bonds is 3. The first-order valence-electron chi connectivity index (χ1n) is 5.97. The molecule has 0 saturated carbocycles. The lowest BCUT2D eigenvalue weighted by Crippen LogP contribution is -1.93. The highest BCUT2D eigenvalue weighted by Crippen LogP contribution is 2.28. The van der Waals surface area contributed by atoms with Crippen LogP contribution in [0.5, 0.6) is 0 Å². The maximum absolute atomic E-state index is 13.2. The van der Waals surface area contributed by atoms with Gasteiger partial charge in [-0.3, -0.25) is 0 Å². The second-order valence-corrected chi connectivity index (χ2v) is 5.37. The van der Waals surface area contributed by atoms with Crippen LogP contribution in [0, 0.1) is 5.82 Å². The van der Waals surface area contributed by atoms with E-state index in [4.69, 9.17) is 5.73 Å². The smallest absolute Gasteiger partial charge is 0.123 e. The molecule has 2 nitrogen and oxygen atoms in total. The third-order valence-corrected chi connectivity index (χ3v) is 3.98. The molecule has 19 heavy (non-hydrogen) atoms. The molecule has 0 unspecified atom stereocenters. The molecule has 3 N–H and O–H groups in total. The van der Waals surface area contributed by atoms with Gasteiger partial charge in [-0.15, -0.1) is 11.8 Å². The predicted octanol–water partition coefficient (Wildman–Crippen LogP) is 4.18. The number of hydrogen-bond donors (Lipinski definition) is 2. The molecule has 1 aromatic heterocycles. The molecule has 96 valence electrons. The minimum absolute atomic E-state index is 0.249. The Morgan fingerprint density at radius 2 is 1.95 bits per heavy atom. The zero-order chi connectivity index (χ0) is 13.2. The van der Waals surface area contributed by atoms with Crippen molar-refractivity contribution in [1.82, 2.24) is 4.98 Å². The van der Waals surface area contributed by atoms with Gasteiger partial charge >= 0.3 is 0 Å². The topological polar surface area (TPSA) is 41.8 Å². The Balaban J connectivity index is 1.80. The molecule has 0 saturated heterocycles. The molecular weight excluding hydrogens is 259 g/mol. The minimum atomic E-state index is -0.249. The van der Waals surface area contributed by atoms with Gasteiger partial charge in [-0.1, -0.05) is 18.2 Å². The predicted molar refractivity (Wildman–Crippen MR) is 78.7 cm³/mol. The second kappa shape index (κ2) is 4.97. The lowest BCUT2D eigenvalue weighted by atomic mass is 10.2. The quantitative estimate of drug-likeness (QED) is 0.554. The molecule has 3 rings (SSSR count). The van der Waals surface area contributed by atoms with Crippen molar-refractivity contribution in [2.24, 2.45) is 0 Å². The molecule has 0 aliphatic carbocycles. The van der Waals surface area contributed by atoms with Crippen molar-refractivity contribution in [2.45, 2.75) is 10.8 Å². The Kier molecular flexibility index (Phi) is 3.17. The van der Waals surface area contributed by atoms with Crippen molar-refractivity contribution in [3.05, 3.63) is 59.9 Å². The normalized spacial score (nSPS) is 11.0. The van der Waals surface area contributed by atoms with Crippen molar-refractivity contribution in [3.8, 4) is 0 Å². The highest BCUT2D eigenvalue weighted by atomic mass is 32.2. The van der Waals surface area contributed by atoms with Gasteiger partial charge in [0, 0.05) is 22.3 Å². The first-order chi connectivity index (χ1) is 9.22. The molecule has 2 aromatic carbocycles. The standard InChI is InChI=1S/C15H13FN2S/c16-12-5-6-13(17)11(7-12)9-19-15-8-10-3-1-2-4-14(10)18-15/h1-8,18H,9,17H2. The van der Waals surface area contributed by atoms with Gasteiger partial charge in [0.15, 0.2) is 0 Å². The van der Waals surface area contributed by atoms with E-state index in [1.165, 1.54) is 17.5 Å². The van der Waals surface area contributed by atoms with E-state index in [9.17, 15) is 4.39 Å². The van der Waals surface area contributed by atoms with Crippen molar-refractivity contribution in [3.63, 3.8) is 0 Å². The van der Waals surface area contributed by atoms with Crippen LogP contribution in [0.2, 0.25) is 0 Å². The summed E-state index contributed by atoms with van der Waals surface area (Å²) < 4.78 is 13.2. The van der Waals surface area contributed by atoms with E-state index < -0.39 is 0 Å². The van der Waals surface area contributed by atoms with Gasteiger partial charge in [0.1, 0.15) is 5.82 Å². The molecule has 0 amide bonds. The van der Waals surface area contributed by atoms with Gasteiger partial charge in [-0.05, 0) is 35.9 Å². The average Bonchev–Trinajstić information content (AvgIpc) is 2.82. The van der Waals surface area contributed by atoms with Gasteiger partial charge in [0.05, 0.1) is 5.03 Å². The number of nitrogens with two attached hydrogens (primary N) is 1. The molecule has 0 aliphatic heterocycles. The average molecular weight is 272 g/mol. The Morgan fingerprint density at radius 1 is 1.11 bits per heavy atom. The van der Waals surface area contributed by atoms with Crippen LogP contribution in [-0.2, 0) is 5.75 Å². The van der Waals surface area contributed by atoms with Crippen LogP contribution < -0.4 is 5.73 Å². The third-order valence-electron chi connectivity index (χ3n) is 2.99. The van der Waals surface area contributed by atoms with Crippen LogP contribution in [0.25, 0.3) is 10.9 Å². The summed E-state index contributed by atoms with van der Waals surface area (Å²) in [6.07, 6.45) is 0. The lowest BCUT2D eigenvalue weighted by molar-refractivity contribution is 0.627. The highest BCUT2D eigenvalue weighted by Gasteiger charge is 2.05. The Hall–Kier alpha value is -1.94. The molecule has 0 aliphatic rings. The summed E-state index contributed by atoms with van der Waals surface area (Å²) in [6.45, 7) is 0. The van der Waals surface area contributed by atoms with Crippen LogP contribution >= 0.6 is 11.8 Å².